The Hall–Kier alpha value is -2.80. The van der Waals surface area contributed by atoms with Crippen molar-refractivity contribution >= 4 is 16.9 Å². The highest BCUT2D eigenvalue weighted by Gasteiger charge is 2.25. The molecule has 1 fully saturated rings. The van der Waals surface area contributed by atoms with Gasteiger partial charge in [0, 0.05) is 55.5 Å². The summed E-state index contributed by atoms with van der Waals surface area (Å²) in [6.45, 7) is 5.27. The van der Waals surface area contributed by atoms with Gasteiger partial charge in [-0.15, -0.1) is 0 Å². The zero-order valence-electron chi connectivity index (χ0n) is 16.8. The molecule has 3 aromatic rings. The lowest BCUT2D eigenvalue weighted by atomic mass is 10.1. The van der Waals surface area contributed by atoms with E-state index in [-0.39, 0.29) is 6.10 Å². The molecule has 0 bridgehead atoms. The number of morpholine rings is 1. The number of ether oxygens (including phenoxy) is 1. The quantitative estimate of drug-likeness (QED) is 0.539. The number of para-hydroxylation sites is 1. The standard InChI is InChI=1S/C21H28N6O/c1-15-17(18-6-4-5-7-19(18)25-15)8-9-23-21(22-2)27-10-11-28-20(14-27)16-12-24-26(3)13-16/h4-7,12-13,20,25H,8-11,14H2,1-3H3,(H,22,23). The van der Waals surface area contributed by atoms with Crippen LogP contribution in [0.15, 0.2) is 41.7 Å². The average Bonchev–Trinajstić information content (AvgIpc) is 3.28. The Balaban J connectivity index is 1.38. The third-order valence-electron chi connectivity index (χ3n) is 5.36. The number of fused-ring (bicyclic) bond motifs is 1. The van der Waals surface area contributed by atoms with E-state index in [1.54, 1.807) is 0 Å². The Bertz CT molecular complexity index is 972. The van der Waals surface area contributed by atoms with Crippen LogP contribution >= 0.6 is 0 Å². The molecule has 2 aromatic heterocycles. The van der Waals surface area contributed by atoms with Gasteiger partial charge in [-0.2, -0.15) is 5.10 Å². The molecule has 1 atom stereocenters. The number of aromatic amines is 1. The summed E-state index contributed by atoms with van der Waals surface area (Å²) in [5.74, 6) is 0.926. The molecule has 1 aliphatic rings. The molecule has 3 heterocycles. The molecule has 0 spiro atoms. The zero-order valence-corrected chi connectivity index (χ0v) is 16.8. The van der Waals surface area contributed by atoms with E-state index in [0.29, 0.717) is 6.61 Å². The van der Waals surface area contributed by atoms with Gasteiger partial charge in [-0.25, -0.2) is 0 Å². The van der Waals surface area contributed by atoms with Crippen LogP contribution in [0.4, 0.5) is 0 Å². The molecule has 1 aliphatic heterocycles. The van der Waals surface area contributed by atoms with Gasteiger partial charge in [0.05, 0.1) is 19.3 Å². The van der Waals surface area contributed by atoms with Gasteiger partial charge in [0.15, 0.2) is 5.96 Å². The van der Waals surface area contributed by atoms with Gasteiger partial charge < -0.3 is 19.9 Å². The number of nitrogens with one attached hydrogen (secondary N) is 2. The number of nitrogens with zero attached hydrogens (tertiary/aromatic N) is 4. The lowest BCUT2D eigenvalue weighted by Crippen LogP contribution is -2.48. The van der Waals surface area contributed by atoms with Gasteiger partial charge in [-0.3, -0.25) is 9.67 Å². The van der Waals surface area contributed by atoms with E-state index in [1.807, 2.05) is 31.2 Å². The normalized spacial score (nSPS) is 18.0. The average molecular weight is 380 g/mol. The Kier molecular flexibility index (Phi) is 5.34. The first-order valence-electron chi connectivity index (χ1n) is 9.77. The molecule has 4 rings (SSSR count). The SMILES string of the molecule is CN=C(NCCc1c(C)[nH]c2ccccc12)N1CCOC(c2cnn(C)c2)C1. The molecule has 0 amide bonds. The zero-order chi connectivity index (χ0) is 19.5. The van der Waals surface area contributed by atoms with Crippen molar-refractivity contribution in [2.24, 2.45) is 12.0 Å². The second kappa shape index (κ2) is 8.06. The fraction of sp³-hybridized carbons (Fsp3) is 0.429. The maximum atomic E-state index is 5.95. The summed E-state index contributed by atoms with van der Waals surface area (Å²) in [7, 11) is 3.77. The monoisotopic (exact) mass is 380 g/mol. The van der Waals surface area contributed by atoms with Gasteiger partial charge in [0.2, 0.25) is 0 Å². The molecule has 0 saturated carbocycles. The van der Waals surface area contributed by atoms with Crippen molar-refractivity contribution in [2.45, 2.75) is 19.4 Å². The third kappa shape index (κ3) is 3.75. The first-order chi connectivity index (χ1) is 13.7. The van der Waals surface area contributed by atoms with Gasteiger partial charge >= 0.3 is 0 Å². The second-order valence-electron chi connectivity index (χ2n) is 7.25. The van der Waals surface area contributed by atoms with Crippen LogP contribution in [0, 0.1) is 6.92 Å². The van der Waals surface area contributed by atoms with Crippen LogP contribution in [0.5, 0.6) is 0 Å². The summed E-state index contributed by atoms with van der Waals surface area (Å²) in [6.07, 6.45) is 4.87. The first kappa shape index (κ1) is 18.6. The number of aromatic nitrogens is 3. The van der Waals surface area contributed by atoms with Gasteiger partial charge in [0.1, 0.15) is 6.10 Å². The van der Waals surface area contributed by atoms with E-state index in [2.05, 4.69) is 56.5 Å². The Morgan fingerprint density at radius 1 is 1.39 bits per heavy atom. The van der Waals surface area contributed by atoms with Crippen molar-refractivity contribution < 1.29 is 4.74 Å². The lowest BCUT2D eigenvalue weighted by Gasteiger charge is -2.34. The van der Waals surface area contributed by atoms with Gasteiger partial charge in [0.25, 0.3) is 0 Å². The molecule has 0 aliphatic carbocycles. The van der Waals surface area contributed by atoms with E-state index < -0.39 is 0 Å². The van der Waals surface area contributed by atoms with E-state index >= 15 is 0 Å². The lowest BCUT2D eigenvalue weighted by molar-refractivity contribution is -0.00800. The van der Waals surface area contributed by atoms with Gasteiger partial charge in [-0.05, 0) is 25.0 Å². The van der Waals surface area contributed by atoms with Crippen molar-refractivity contribution in [3.05, 3.63) is 53.5 Å². The molecule has 1 aromatic carbocycles. The topological polar surface area (TPSA) is 70.5 Å². The summed E-state index contributed by atoms with van der Waals surface area (Å²) in [5, 5.41) is 9.10. The number of hydrogen-bond acceptors (Lipinski definition) is 3. The van der Waals surface area contributed by atoms with Crippen LogP contribution in [-0.2, 0) is 18.2 Å². The minimum atomic E-state index is 0.0249. The molecule has 2 N–H and O–H groups in total. The van der Waals surface area contributed by atoms with Crippen LogP contribution in [0.2, 0.25) is 0 Å². The molecular formula is C21H28N6O. The predicted molar refractivity (Wildman–Crippen MR) is 112 cm³/mol. The number of benzene rings is 1. The maximum absolute atomic E-state index is 5.95. The predicted octanol–water partition coefficient (Wildman–Crippen LogP) is 2.40. The second-order valence-corrected chi connectivity index (χ2v) is 7.25. The Morgan fingerprint density at radius 2 is 2.25 bits per heavy atom. The smallest absolute Gasteiger partial charge is 0.193 e. The fourth-order valence-electron chi connectivity index (χ4n) is 3.94. The number of aryl methyl sites for hydroxylation is 2. The highest BCUT2D eigenvalue weighted by atomic mass is 16.5. The maximum Gasteiger partial charge on any atom is 0.193 e. The highest BCUT2D eigenvalue weighted by molar-refractivity contribution is 5.84. The first-order valence-corrected chi connectivity index (χ1v) is 9.77. The van der Waals surface area contributed by atoms with Crippen molar-refractivity contribution in [3.63, 3.8) is 0 Å². The number of H-pyrrole nitrogens is 1. The molecule has 0 radical (unpaired) electrons. The molecule has 148 valence electrons. The number of guanidine groups is 1. The van der Waals surface area contributed by atoms with E-state index in [9.17, 15) is 0 Å². The van der Waals surface area contributed by atoms with E-state index in [4.69, 9.17) is 4.74 Å². The van der Waals surface area contributed by atoms with Crippen molar-refractivity contribution in [1.29, 1.82) is 0 Å². The summed E-state index contributed by atoms with van der Waals surface area (Å²) < 4.78 is 7.76. The van der Waals surface area contributed by atoms with Crippen LogP contribution in [0.3, 0.4) is 0 Å². The summed E-state index contributed by atoms with van der Waals surface area (Å²) in [4.78, 5) is 10.2. The van der Waals surface area contributed by atoms with Crippen LogP contribution in [0.25, 0.3) is 10.9 Å². The molecule has 7 heteroatoms. The Labute approximate surface area is 165 Å². The number of rotatable bonds is 4. The summed E-state index contributed by atoms with van der Waals surface area (Å²) in [5.41, 5.74) is 4.92. The fourth-order valence-corrected chi connectivity index (χ4v) is 3.94. The van der Waals surface area contributed by atoms with E-state index in [0.717, 1.165) is 37.6 Å². The van der Waals surface area contributed by atoms with Crippen LogP contribution < -0.4 is 5.32 Å². The number of aliphatic imine (C=N–C) groups is 1. The largest absolute Gasteiger partial charge is 0.370 e. The van der Waals surface area contributed by atoms with E-state index in [1.165, 1.54) is 22.2 Å². The molecule has 1 unspecified atom stereocenters. The number of hydrogen-bond donors (Lipinski definition) is 2. The van der Waals surface area contributed by atoms with Crippen LogP contribution in [0.1, 0.15) is 22.9 Å². The summed E-state index contributed by atoms with van der Waals surface area (Å²) >= 11 is 0. The van der Waals surface area contributed by atoms with Crippen molar-refractivity contribution in [3.8, 4) is 0 Å². The third-order valence-corrected chi connectivity index (χ3v) is 5.36. The van der Waals surface area contributed by atoms with Crippen molar-refractivity contribution in [2.75, 3.05) is 33.3 Å². The molecule has 1 saturated heterocycles. The molecule has 28 heavy (non-hydrogen) atoms. The van der Waals surface area contributed by atoms with Gasteiger partial charge in [-0.1, -0.05) is 18.2 Å². The highest BCUT2D eigenvalue weighted by Crippen LogP contribution is 2.23. The minimum absolute atomic E-state index is 0.0249. The van der Waals surface area contributed by atoms with Crippen LogP contribution in [-0.4, -0.2) is 58.9 Å². The Morgan fingerprint density at radius 3 is 3.04 bits per heavy atom. The minimum Gasteiger partial charge on any atom is -0.370 e. The van der Waals surface area contributed by atoms with Crippen molar-refractivity contribution in [1.82, 2.24) is 25.0 Å². The molecule has 7 nitrogen and oxygen atoms in total. The summed E-state index contributed by atoms with van der Waals surface area (Å²) in [6, 6.07) is 8.48. The molecular weight excluding hydrogens is 352 g/mol.